The SMILES string of the molecule is CCCN(CC(=O)N(Cc1ccccc1)Cc1cccs1)C(=O)Nc1ccc(OC)cc1. The molecule has 0 spiro atoms. The lowest BCUT2D eigenvalue weighted by Gasteiger charge is -2.27. The topological polar surface area (TPSA) is 61.9 Å². The maximum absolute atomic E-state index is 13.3. The molecular formula is C25H29N3O3S. The largest absolute Gasteiger partial charge is 0.497 e. The van der Waals surface area contributed by atoms with E-state index in [0.717, 1.165) is 16.9 Å². The van der Waals surface area contributed by atoms with Crippen molar-refractivity contribution in [1.29, 1.82) is 0 Å². The first-order valence-corrected chi connectivity index (χ1v) is 11.5. The number of nitrogens with one attached hydrogen (secondary N) is 1. The zero-order chi connectivity index (χ0) is 22.8. The van der Waals surface area contributed by atoms with E-state index < -0.39 is 0 Å². The van der Waals surface area contributed by atoms with Crippen molar-refractivity contribution in [3.8, 4) is 5.75 Å². The van der Waals surface area contributed by atoms with Gasteiger partial charge in [-0.2, -0.15) is 0 Å². The van der Waals surface area contributed by atoms with Crippen molar-refractivity contribution in [3.05, 3.63) is 82.6 Å². The Hall–Kier alpha value is -3.32. The van der Waals surface area contributed by atoms with Crippen LogP contribution in [0.3, 0.4) is 0 Å². The number of amides is 3. The molecule has 2 aromatic carbocycles. The van der Waals surface area contributed by atoms with Crippen LogP contribution >= 0.6 is 11.3 Å². The molecule has 0 bridgehead atoms. The Morgan fingerprint density at radius 2 is 1.69 bits per heavy atom. The van der Waals surface area contributed by atoms with Crippen LogP contribution in [0.2, 0.25) is 0 Å². The Morgan fingerprint density at radius 1 is 0.938 bits per heavy atom. The van der Waals surface area contributed by atoms with Crippen LogP contribution in [0, 0.1) is 0 Å². The first kappa shape index (κ1) is 23.3. The Labute approximate surface area is 193 Å². The van der Waals surface area contributed by atoms with E-state index in [0.29, 0.717) is 31.1 Å². The number of thiophene rings is 1. The first-order valence-electron chi connectivity index (χ1n) is 10.6. The molecule has 3 amide bonds. The molecule has 0 aliphatic heterocycles. The molecular weight excluding hydrogens is 422 g/mol. The summed E-state index contributed by atoms with van der Waals surface area (Å²) in [6, 6.07) is 20.8. The van der Waals surface area contributed by atoms with Gasteiger partial charge in [-0.3, -0.25) is 4.79 Å². The number of benzene rings is 2. The smallest absolute Gasteiger partial charge is 0.322 e. The molecule has 3 rings (SSSR count). The summed E-state index contributed by atoms with van der Waals surface area (Å²) in [5, 5.41) is 4.89. The highest BCUT2D eigenvalue weighted by molar-refractivity contribution is 7.09. The third-order valence-electron chi connectivity index (χ3n) is 4.94. The molecule has 6 nitrogen and oxygen atoms in total. The Kier molecular flexibility index (Phi) is 8.69. The summed E-state index contributed by atoms with van der Waals surface area (Å²) in [4.78, 5) is 30.7. The van der Waals surface area contributed by atoms with E-state index in [1.807, 2.05) is 59.7 Å². The summed E-state index contributed by atoms with van der Waals surface area (Å²) in [5.41, 5.74) is 1.71. The minimum absolute atomic E-state index is 0.0219. The number of hydrogen-bond acceptors (Lipinski definition) is 4. The molecule has 0 saturated carbocycles. The molecule has 1 N–H and O–H groups in total. The number of carbonyl (C=O) groups is 2. The van der Waals surface area contributed by atoms with E-state index in [2.05, 4.69) is 5.32 Å². The summed E-state index contributed by atoms with van der Waals surface area (Å²) in [6.07, 6.45) is 0.757. The predicted molar refractivity (Wildman–Crippen MR) is 129 cm³/mol. The van der Waals surface area contributed by atoms with Gasteiger partial charge in [0.15, 0.2) is 0 Å². The summed E-state index contributed by atoms with van der Waals surface area (Å²) < 4.78 is 5.16. The van der Waals surface area contributed by atoms with Gasteiger partial charge in [0.05, 0.1) is 13.7 Å². The minimum atomic E-state index is -0.291. The van der Waals surface area contributed by atoms with Crippen LogP contribution in [-0.2, 0) is 17.9 Å². The Bertz CT molecular complexity index is 975. The van der Waals surface area contributed by atoms with Crippen molar-refractivity contribution in [2.75, 3.05) is 25.5 Å². The molecule has 0 saturated heterocycles. The second-order valence-electron chi connectivity index (χ2n) is 7.39. The van der Waals surface area contributed by atoms with Gasteiger partial charge in [0.25, 0.3) is 0 Å². The summed E-state index contributed by atoms with van der Waals surface area (Å²) >= 11 is 1.62. The van der Waals surface area contributed by atoms with Crippen LogP contribution in [0.25, 0.3) is 0 Å². The zero-order valence-corrected chi connectivity index (χ0v) is 19.3. The average molecular weight is 452 g/mol. The fourth-order valence-electron chi connectivity index (χ4n) is 3.29. The van der Waals surface area contributed by atoms with Gasteiger partial charge < -0.3 is 19.9 Å². The summed E-state index contributed by atoms with van der Waals surface area (Å²) in [7, 11) is 1.60. The maximum atomic E-state index is 13.3. The van der Waals surface area contributed by atoms with Gasteiger partial charge >= 0.3 is 6.03 Å². The van der Waals surface area contributed by atoms with Crippen molar-refractivity contribution >= 4 is 29.0 Å². The second-order valence-corrected chi connectivity index (χ2v) is 8.43. The predicted octanol–water partition coefficient (Wildman–Crippen LogP) is 5.23. The lowest BCUT2D eigenvalue weighted by molar-refractivity contribution is -0.133. The maximum Gasteiger partial charge on any atom is 0.322 e. The van der Waals surface area contributed by atoms with E-state index in [4.69, 9.17) is 4.74 Å². The van der Waals surface area contributed by atoms with Gasteiger partial charge in [-0.15, -0.1) is 11.3 Å². The van der Waals surface area contributed by atoms with Crippen LogP contribution in [0.4, 0.5) is 10.5 Å². The van der Waals surface area contributed by atoms with Gasteiger partial charge in [-0.05, 0) is 47.7 Å². The van der Waals surface area contributed by atoms with E-state index in [1.54, 1.807) is 47.6 Å². The number of hydrogen-bond donors (Lipinski definition) is 1. The second kappa shape index (κ2) is 11.9. The molecule has 0 aliphatic carbocycles. The molecule has 0 fully saturated rings. The third-order valence-corrected chi connectivity index (χ3v) is 5.81. The van der Waals surface area contributed by atoms with Crippen LogP contribution in [0.5, 0.6) is 5.75 Å². The number of anilines is 1. The Balaban J connectivity index is 1.70. The van der Waals surface area contributed by atoms with Crippen molar-refractivity contribution < 1.29 is 14.3 Å². The molecule has 1 aromatic heterocycles. The Morgan fingerprint density at radius 3 is 2.31 bits per heavy atom. The standard InChI is InChI=1S/C25H29N3O3S/c1-3-15-27(25(30)26-21-11-13-22(31-2)14-12-21)19-24(29)28(18-23-10-7-16-32-23)17-20-8-5-4-6-9-20/h4-14,16H,3,15,17-19H2,1-2H3,(H,26,30). The summed E-state index contributed by atoms with van der Waals surface area (Å²) in [6.45, 7) is 3.52. The first-order chi connectivity index (χ1) is 15.6. The fourth-order valence-corrected chi connectivity index (χ4v) is 4.01. The molecule has 0 atom stereocenters. The number of carbonyl (C=O) groups excluding carboxylic acids is 2. The van der Waals surface area contributed by atoms with Gasteiger partial charge in [0.1, 0.15) is 12.3 Å². The third kappa shape index (κ3) is 6.85. The van der Waals surface area contributed by atoms with Gasteiger partial charge in [0.2, 0.25) is 5.91 Å². The highest BCUT2D eigenvalue weighted by atomic mass is 32.1. The number of nitrogens with zero attached hydrogens (tertiary/aromatic N) is 2. The van der Waals surface area contributed by atoms with Crippen molar-refractivity contribution in [3.63, 3.8) is 0 Å². The highest BCUT2D eigenvalue weighted by Crippen LogP contribution is 2.17. The van der Waals surface area contributed by atoms with Gasteiger partial charge in [-0.25, -0.2) is 4.79 Å². The zero-order valence-electron chi connectivity index (χ0n) is 18.5. The van der Waals surface area contributed by atoms with Crippen LogP contribution in [0.1, 0.15) is 23.8 Å². The van der Waals surface area contributed by atoms with Gasteiger partial charge in [-0.1, -0.05) is 43.3 Å². The van der Waals surface area contributed by atoms with Crippen molar-refractivity contribution in [2.24, 2.45) is 0 Å². The van der Waals surface area contributed by atoms with Crippen LogP contribution in [-0.4, -0.2) is 41.9 Å². The molecule has 168 valence electrons. The van der Waals surface area contributed by atoms with E-state index in [1.165, 1.54) is 0 Å². The fraction of sp³-hybridized carbons (Fsp3) is 0.280. The number of rotatable bonds is 10. The van der Waals surface area contributed by atoms with Crippen molar-refractivity contribution in [1.82, 2.24) is 9.80 Å². The molecule has 1 heterocycles. The number of urea groups is 1. The molecule has 0 unspecified atom stereocenters. The lowest BCUT2D eigenvalue weighted by atomic mass is 10.2. The van der Waals surface area contributed by atoms with Crippen LogP contribution in [0.15, 0.2) is 72.1 Å². The van der Waals surface area contributed by atoms with Crippen LogP contribution < -0.4 is 10.1 Å². The van der Waals surface area contributed by atoms with Gasteiger partial charge in [0, 0.05) is 23.7 Å². The van der Waals surface area contributed by atoms with E-state index in [9.17, 15) is 9.59 Å². The molecule has 3 aromatic rings. The average Bonchev–Trinajstić information content (AvgIpc) is 3.32. The van der Waals surface area contributed by atoms with E-state index in [-0.39, 0.29) is 18.5 Å². The number of ether oxygens (including phenoxy) is 1. The molecule has 0 radical (unpaired) electrons. The lowest BCUT2D eigenvalue weighted by Crippen LogP contribution is -2.44. The molecule has 7 heteroatoms. The van der Waals surface area contributed by atoms with Crippen molar-refractivity contribution in [2.45, 2.75) is 26.4 Å². The molecule has 0 aliphatic rings. The normalized spacial score (nSPS) is 10.4. The monoisotopic (exact) mass is 451 g/mol. The summed E-state index contributed by atoms with van der Waals surface area (Å²) in [5.74, 6) is 0.634. The molecule has 32 heavy (non-hydrogen) atoms. The van der Waals surface area contributed by atoms with E-state index >= 15 is 0 Å². The minimum Gasteiger partial charge on any atom is -0.497 e. The number of methoxy groups -OCH3 is 1. The quantitative estimate of drug-likeness (QED) is 0.459. The highest BCUT2D eigenvalue weighted by Gasteiger charge is 2.22.